The molecule has 1 aliphatic rings. The van der Waals surface area contributed by atoms with Crippen molar-refractivity contribution in [2.24, 2.45) is 0 Å². The number of hydrogen-bond donors (Lipinski definition) is 3. The molecule has 3 amide bonds. The molecule has 7 heteroatoms. The normalized spacial score (nSPS) is 13.5. The topological polar surface area (TPSA) is 90.1 Å². The second-order valence-corrected chi connectivity index (χ2v) is 5.92. The summed E-state index contributed by atoms with van der Waals surface area (Å²) in [5, 5.41) is 12.6. The molecule has 1 saturated heterocycles. The molecule has 1 aromatic heterocycles. The maximum Gasteiger partial charge on any atom is 0.321 e. The van der Waals surface area contributed by atoms with E-state index in [0.29, 0.717) is 24.5 Å². The summed E-state index contributed by atoms with van der Waals surface area (Å²) in [7, 11) is 0. The van der Waals surface area contributed by atoms with Gasteiger partial charge in [0.05, 0.1) is 5.69 Å². The second kappa shape index (κ2) is 6.72. The molecule has 26 heavy (non-hydrogen) atoms. The van der Waals surface area contributed by atoms with Crippen molar-refractivity contribution in [1.82, 2.24) is 15.5 Å². The number of benzene rings is 2. The van der Waals surface area contributed by atoms with Gasteiger partial charge in [0.2, 0.25) is 0 Å². The Morgan fingerprint density at radius 2 is 1.85 bits per heavy atom. The van der Waals surface area contributed by atoms with Gasteiger partial charge in [-0.3, -0.25) is 14.8 Å². The lowest BCUT2D eigenvalue weighted by molar-refractivity contribution is 0.102. The minimum Gasteiger partial charge on any atom is -0.336 e. The molecule has 0 atom stereocenters. The maximum atomic E-state index is 12.4. The fourth-order valence-corrected chi connectivity index (χ4v) is 2.85. The Morgan fingerprint density at radius 3 is 2.54 bits per heavy atom. The number of urea groups is 1. The van der Waals surface area contributed by atoms with Gasteiger partial charge in [0.25, 0.3) is 5.91 Å². The third-order valence-corrected chi connectivity index (χ3v) is 4.20. The minimum absolute atomic E-state index is 0.118. The number of hydrogen-bond acceptors (Lipinski definition) is 3. The van der Waals surface area contributed by atoms with Crippen molar-refractivity contribution in [2.75, 3.05) is 23.3 Å². The van der Waals surface area contributed by atoms with Crippen LogP contribution >= 0.6 is 0 Å². The molecule has 0 saturated carbocycles. The molecule has 4 rings (SSSR count). The van der Waals surface area contributed by atoms with Gasteiger partial charge in [-0.25, -0.2) is 4.79 Å². The first-order valence-electron chi connectivity index (χ1n) is 8.28. The van der Waals surface area contributed by atoms with Gasteiger partial charge in [-0.1, -0.05) is 30.3 Å². The van der Waals surface area contributed by atoms with E-state index in [9.17, 15) is 9.59 Å². The first-order chi connectivity index (χ1) is 12.7. The average Bonchev–Trinajstić information content (AvgIpc) is 3.32. The number of aromatic nitrogens is 2. The van der Waals surface area contributed by atoms with Gasteiger partial charge in [0, 0.05) is 30.4 Å². The molecule has 0 unspecified atom stereocenters. The van der Waals surface area contributed by atoms with Crippen LogP contribution in [0.4, 0.5) is 16.3 Å². The Bertz CT molecular complexity index is 934. The Labute approximate surface area is 150 Å². The molecule has 0 bridgehead atoms. The highest BCUT2D eigenvalue weighted by Gasteiger charge is 2.21. The fourth-order valence-electron chi connectivity index (χ4n) is 2.85. The lowest BCUT2D eigenvalue weighted by atomic mass is 10.1. The number of aromatic amines is 1. The van der Waals surface area contributed by atoms with E-state index in [-0.39, 0.29) is 11.9 Å². The van der Waals surface area contributed by atoms with Gasteiger partial charge in [0.15, 0.2) is 5.82 Å². The smallest absolute Gasteiger partial charge is 0.321 e. The van der Waals surface area contributed by atoms with Crippen LogP contribution in [0, 0.1) is 0 Å². The van der Waals surface area contributed by atoms with Crippen LogP contribution in [0.5, 0.6) is 0 Å². The lowest BCUT2D eigenvalue weighted by Crippen LogP contribution is -2.27. The van der Waals surface area contributed by atoms with E-state index in [4.69, 9.17) is 0 Å². The maximum absolute atomic E-state index is 12.4. The van der Waals surface area contributed by atoms with Crippen molar-refractivity contribution in [3.05, 3.63) is 66.2 Å². The quantitative estimate of drug-likeness (QED) is 0.678. The van der Waals surface area contributed by atoms with Gasteiger partial charge in [-0.2, -0.15) is 5.10 Å². The molecular weight excluding hydrogens is 330 g/mol. The predicted molar refractivity (Wildman–Crippen MR) is 99.2 cm³/mol. The predicted octanol–water partition coefficient (Wildman–Crippen LogP) is 2.86. The van der Waals surface area contributed by atoms with E-state index in [1.165, 1.54) is 0 Å². The zero-order chi connectivity index (χ0) is 17.9. The number of H-pyrrole nitrogens is 1. The third-order valence-electron chi connectivity index (χ3n) is 4.20. The van der Waals surface area contributed by atoms with Crippen molar-refractivity contribution in [3.63, 3.8) is 0 Å². The van der Waals surface area contributed by atoms with E-state index in [0.717, 1.165) is 16.9 Å². The van der Waals surface area contributed by atoms with E-state index >= 15 is 0 Å². The molecule has 1 aliphatic heterocycles. The van der Waals surface area contributed by atoms with E-state index < -0.39 is 0 Å². The average molecular weight is 347 g/mol. The van der Waals surface area contributed by atoms with E-state index in [1.54, 1.807) is 35.2 Å². The summed E-state index contributed by atoms with van der Waals surface area (Å²) in [6.45, 7) is 1.25. The van der Waals surface area contributed by atoms with Gasteiger partial charge in [-0.05, 0) is 29.8 Å². The molecule has 2 heterocycles. The van der Waals surface area contributed by atoms with E-state index in [2.05, 4.69) is 20.8 Å². The Kier molecular flexibility index (Phi) is 4.10. The largest absolute Gasteiger partial charge is 0.336 e. The van der Waals surface area contributed by atoms with Gasteiger partial charge < -0.3 is 10.6 Å². The van der Waals surface area contributed by atoms with Crippen molar-refractivity contribution in [1.29, 1.82) is 0 Å². The van der Waals surface area contributed by atoms with Gasteiger partial charge in [0.1, 0.15) is 0 Å². The first-order valence-corrected chi connectivity index (χ1v) is 8.28. The zero-order valence-electron chi connectivity index (χ0n) is 13.9. The molecule has 3 aromatic rings. The monoisotopic (exact) mass is 347 g/mol. The van der Waals surface area contributed by atoms with Crippen LogP contribution in [-0.4, -0.2) is 35.2 Å². The van der Waals surface area contributed by atoms with Crippen molar-refractivity contribution in [3.8, 4) is 11.3 Å². The van der Waals surface area contributed by atoms with Crippen LogP contribution < -0.4 is 15.5 Å². The summed E-state index contributed by atoms with van der Waals surface area (Å²) >= 11 is 0. The summed E-state index contributed by atoms with van der Waals surface area (Å²) in [5.41, 5.74) is 3.09. The van der Waals surface area contributed by atoms with Crippen LogP contribution in [0.25, 0.3) is 11.3 Å². The summed E-state index contributed by atoms with van der Waals surface area (Å²) in [5.74, 6) is 0.199. The van der Waals surface area contributed by atoms with E-state index in [1.807, 2.05) is 30.3 Å². The number of nitrogens with zero attached hydrogens (tertiary/aromatic N) is 2. The SMILES string of the molecule is O=C(Nc1cc(-c2ccccc2)[nH]n1)c1ccc(N2CCNC2=O)cc1. The molecule has 0 radical (unpaired) electrons. The van der Waals surface area contributed by atoms with Crippen molar-refractivity contribution < 1.29 is 9.59 Å². The molecular formula is C19H17N5O2. The summed E-state index contributed by atoms with van der Waals surface area (Å²) < 4.78 is 0. The molecule has 3 N–H and O–H groups in total. The number of anilines is 2. The third kappa shape index (κ3) is 3.14. The van der Waals surface area contributed by atoms with Crippen LogP contribution in [0.2, 0.25) is 0 Å². The molecule has 0 aliphatic carbocycles. The Balaban J connectivity index is 1.45. The highest BCUT2D eigenvalue weighted by molar-refractivity contribution is 6.04. The van der Waals surface area contributed by atoms with Gasteiger partial charge in [-0.15, -0.1) is 0 Å². The standard InChI is InChI=1S/C19H17N5O2/c25-18(14-6-8-15(9-7-14)24-11-10-20-19(24)26)21-17-12-16(22-23-17)13-4-2-1-3-5-13/h1-9,12H,10-11H2,(H,20,26)(H2,21,22,23,25). The van der Waals surface area contributed by atoms with Crippen LogP contribution in [0.1, 0.15) is 10.4 Å². The molecule has 130 valence electrons. The molecule has 2 aromatic carbocycles. The molecule has 7 nitrogen and oxygen atoms in total. The Hall–Kier alpha value is -3.61. The van der Waals surface area contributed by atoms with Crippen LogP contribution in [0.15, 0.2) is 60.7 Å². The number of carbonyl (C=O) groups is 2. The first kappa shape index (κ1) is 15.9. The van der Waals surface area contributed by atoms with Gasteiger partial charge >= 0.3 is 6.03 Å². The summed E-state index contributed by atoms with van der Waals surface area (Å²) in [6.07, 6.45) is 0. The van der Waals surface area contributed by atoms with Crippen molar-refractivity contribution >= 4 is 23.4 Å². The van der Waals surface area contributed by atoms with Crippen LogP contribution in [-0.2, 0) is 0 Å². The molecule has 1 fully saturated rings. The highest BCUT2D eigenvalue weighted by atomic mass is 16.2. The highest BCUT2D eigenvalue weighted by Crippen LogP contribution is 2.20. The fraction of sp³-hybridized carbons (Fsp3) is 0.105. The lowest BCUT2D eigenvalue weighted by Gasteiger charge is -2.14. The number of nitrogens with one attached hydrogen (secondary N) is 3. The zero-order valence-corrected chi connectivity index (χ0v) is 13.9. The van der Waals surface area contributed by atoms with Crippen molar-refractivity contribution in [2.45, 2.75) is 0 Å². The number of amides is 3. The minimum atomic E-state index is -0.256. The summed E-state index contributed by atoms with van der Waals surface area (Å²) in [6, 6.07) is 18.3. The number of rotatable bonds is 4. The number of carbonyl (C=O) groups excluding carboxylic acids is 2. The Morgan fingerprint density at radius 1 is 1.08 bits per heavy atom. The summed E-state index contributed by atoms with van der Waals surface area (Å²) in [4.78, 5) is 25.7. The second-order valence-electron chi connectivity index (χ2n) is 5.92. The molecule has 0 spiro atoms. The van der Waals surface area contributed by atoms with Crippen LogP contribution in [0.3, 0.4) is 0 Å².